The summed E-state index contributed by atoms with van der Waals surface area (Å²) in [5.74, 6) is -0.420. The predicted octanol–water partition coefficient (Wildman–Crippen LogP) is 0.794. The molecule has 0 aliphatic carbocycles. The van der Waals surface area contributed by atoms with Crippen molar-refractivity contribution in [1.29, 1.82) is 0 Å². The number of hydrogen-bond donors (Lipinski definition) is 2. The van der Waals surface area contributed by atoms with Crippen LogP contribution in [0.4, 0.5) is 0 Å². The molecule has 0 unspecified atom stereocenters. The first-order valence-electron chi connectivity index (χ1n) is 4.66. The molecule has 0 aromatic carbocycles. The van der Waals surface area contributed by atoms with Crippen LogP contribution in [-0.4, -0.2) is 35.0 Å². The van der Waals surface area contributed by atoms with Crippen LogP contribution in [0.3, 0.4) is 0 Å². The van der Waals surface area contributed by atoms with Crippen LogP contribution in [0.5, 0.6) is 0 Å². The number of aliphatic hydroxyl groups is 2. The van der Waals surface area contributed by atoms with Gasteiger partial charge in [0.25, 0.3) is 0 Å². The van der Waals surface area contributed by atoms with Gasteiger partial charge in [0.15, 0.2) is 0 Å². The van der Waals surface area contributed by atoms with Gasteiger partial charge in [-0.2, -0.15) is 0 Å². The molecule has 15 heavy (non-hydrogen) atoms. The van der Waals surface area contributed by atoms with Crippen molar-refractivity contribution in [1.82, 2.24) is 0 Å². The summed E-state index contributed by atoms with van der Waals surface area (Å²) in [7, 11) is 1.30. The summed E-state index contributed by atoms with van der Waals surface area (Å²) in [6.45, 7) is 4.57. The van der Waals surface area contributed by atoms with Crippen LogP contribution in [0.25, 0.3) is 0 Å². The van der Waals surface area contributed by atoms with Gasteiger partial charge in [0.1, 0.15) is 5.60 Å². The van der Waals surface area contributed by atoms with Crippen LogP contribution in [0.1, 0.15) is 20.8 Å². The number of aliphatic hydroxyl groups excluding tert-OH is 1. The summed E-state index contributed by atoms with van der Waals surface area (Å²) in [6, 6.07) is 0. The van der Waals surface area contributed by atoms with Gasteiger partial charge in [0.2, 0.25) is 0 Å². The first-order chi connectivity index (χ1) is 6.81. The molecule has 4 nitrogen and oxygen atoms in total. The standard InChI is InChI=1S/C11H18O4/c1-8(10(13)15-4)6-5-7-11(3,14)9(2)12/h5-7,9,12,14H,1-4H3/b7-5?,8-6+/t9-,11+/m1/s1. The van der Waals surface area contributed by atoms with E-state index in [1.54, 1.807) is 6.92 Å². The zero-order valence-electron chi connectivity index (χ0n) is 9.52. The van der Waals surface area contributed by atoms with Gasteiger partial charge in [-0.05, 0) is 20.8 Å². The summed E-state index contributed by atoms with van der Waals surface area (Å²) in [5, 5.41) is 18.8. The Kier molecular flexibility index (Phi) is 5.25. The van der Waals surface area contributed by atoms with Crippen LogP contribution in [0.2, 0.25) is 0 Å². The maximum atomic E-state index is 11.0. The first kappa shape index (κ1) is 13.9. The van der Waals surface area contributed by atoms with Crippen molar-refractivity contribution in [3.8, 4) is 0 Å². The molecule has 0 aliphatic rings. The molecule has 0 radical (unpaired) electrons. The molecule has 0 heterocycles. The number of allylic oxidation sites excluding steroid dienone is 2. The summed E-state index contributed by atoms with van der Waals surface area (Å²) < 4.78 is 4.49. The van der Waals surface area contributed by atoms with Crippen molar-refractivity contribution >= 4 is 5.97 Å². The van der Waals surface area contributed by atoms with E-state index in [1.165, 1.54) is 39.2 Å². The highest BCUT2D eigenvalue weighted by atomic mass is 16.5. The number of esters is 1. The maximum Gasteiger partial charge on any atom is 0.333 e. The molecule has 0 rings (SSSR count). The quantitative estimate of drug-likeness (QED) is 0.412. The molecule has 0 bridgehead atoms. The van der Waals surface area contributed by atoms with E-state index in [1.807, 2.05) is 0 Å². The Morgan fingerprint density at radius 2 is 2.07 bits per heavy atom. The molecule has 0 saturated heterocycles. The maximum absolute atomic E-state index is 11.0. The zero-order valence-corrected chi connectivity index (χ0v) is 9.52. The second kappa shape index (κ2) is 5.68. The van der Waals surface area contributed by atoms with Crippen LogP contribution in [0, 0.1) is 0 Å². The lowest BCUT2D eigenvalue weighted by Crippen LogP contribution is -2.34. The van der Waals surface area contributed by atoms with Gasteiger partial charge in [-0.3, -0.25) is 0 Å². The monoisotopic (exact) mass is 214 g/mol. The van der Waals surface area contributed by atoms with E-state index >= 15 is 0 Å². The van der Waals surface area contributed by atoms with Crippen LogP contribution < -0.4 is 0 Å². The summed E-state index contributed by atoms with van der Waals surface area (Å²) in [4.78, 5) is 11.0. The molecule has 0 spiro atoms. The molecule has 2 N–H and O–H groups in total. The van der Waals surface area contributed by atoms with Gasteiger partial charge >= 0.3 is 5.97 Å². The number of rotatable bonds is 4. The van der Waals surface area contributed by atoms with Gasteiger partial charge in [0.05, 0.1) is 13.2 Å². The highest BCUT2D eigenvalue weighted by Gasteiger charge is 2.22. The van der Waals surface area contributed by atoms with Crippen molar-refractivity contribution in [2.75, 3.05) is 7.11 Å². The zero-order chi connectivity index (χ0) is 12.1. The fraction of sp³-hybridized carbons (Fsp3) is 0.545. The Labute approximate surface area is 89.9 Å². The highest BCUT2D eigenvalue weighted by Crippen LogP contribution is 2.11. The van der Waals surface area contributed by atoms with Gasteiger partial charge in [-0.1, -0.05) is 18.2 Å². The molecule has 0 aliphatic heterocycles. The molecular weight excluding hydrogens is 196 g/mol. The Balaban J connectivity index is 4.50. The number of hydrogen-bond acceptors (Lipinski definition) is 4. The van der Waals surface area contributed by atoms with Crippen molar-refractivity contribution in [2.45, 2.75) is 32.5 Å². The smallest absolute Gasteiger partial charge is 0.333 e. The third-order valence-electron chi connectivity index (χ3n) is 2.13. The third-order valence-corrected chi connectivity index (χ3v) is 2.13. The normalized spacial score (nSPS) is 18.7. The average Bonchev–Trinajstić information content (AvgIpc) is 2.15. The van der Waals surface area contributed by atoms with Crippen LogP contribution in [0.15, 0.2) is 23.8 Å². The van der Waals surface area contributed by atoms with E-state index in [-0.39, 0.29) is 0 Å². The Hall–Kier alpha value is -1.13. The topological polar surface area (TPSA) is 66.8 Å². The third kappa shape index (κ3) is 4.76. The van der Waals surface area contributed by atoms with Crippen molar-refractivity contribution in [2.24, 2.45) is 0 Å². The van der Waals surface area contributed by atoms with Crippen LogP contribution >= 0.6 is 0 Å². The first-order valence-corrected chi connectivity index (χ1v) is 4.66. The van der Waals surface area contributed by atoms with Gasteiger partial charge in [-0.25, -0.2) is 4.79 Å². The lowest BCUT2D eigenvalue weighted by Gasteiger charge is -2.21. The van der Waals surface area contributed by atoms with Crippen molar-refractivity contribution in [3.05, 3.63) is 23.8 Å². The Morgan fingerprint density at radius 3 is 2.47 bits per heavy atom. The Morgan fingerprint density at radius 1 is 1.53 bits per heavy atom. The molecule has 0 aromatic heterocycles. The summed E-state index contributed by atoms with van der Waals surface area (Å²) >= 11 is 0. The molecule has 0 amide bonds. The highest BCUT2D eigenvalue weighted by molar-refractivity contribution is 5.87. The molecule has 0 saturated carbocycles. The minimum atomic E-state index is -1.30. The van der Waals surface area contributed by atoms with E-state index in [0.29, 0.717) is 5.57 Å². The SMILES string of the molecule is COC(=O)/C(C)=C/C=C[C@](C)(O)[C@@H](C)O. The largest absolute Gasteiger partial charge is 0.466 e. The molecule has 0 fully saturated rings. The number of ether oxygens (including phenoxy) is 1. The molecule has 0 aromatic rings. The van der Waals surface area contributed by atoms with E-state index in [2.05, 4.69) is 4.74 Å². The fourth-order valence-electron chi connectivity index (χ4n) is 0.756. The van der Waals surface area contributed by atoms with Gasteiger partial charge < -0.3 is 14.9 Å². The lowest BCUT2D eigenvalue weighted by molar-refractivity contribution is -0.136. The predicted molar refractivity (Wildman–Crippen MR) is 57.2 cm³/mol. The minimum absolute atomic E-state index is 0.420. The molecular formula is C11H18O4. The summed E-state index contributed by atoms with van der Waals surface area (Å²) in [6.07, 6.45) is 3.58. The molecule has 4 heteroatoms. The Bertz CT molecular complexity index is 274. The molecule has 86 valence electrons. The van der Waals surface area contributed by atoms with Crippen molar-refractivity contribution < 1.29 is 19.7 Å². The van der Waals surface area contributed by atoms with E-state index in [4.69, 9.17) is 0 Å². The number of methoxy groups -OCH3 is 1. The van der Waals surface area contributed by atoms with Crippen LogP contribution in [-0.2, 0) is 9.53 Å². The second-order valence-corrected chi connectivity index (χ2v) is 3.60. The minimum Gasteiger partial charge on any atom is -0.466 e. The van der Waals surface area contributed by atoms with E-state index in [9.17, 15) is 15.0 Å². The number of carbonyl (C=O) groups excluding carboxylic acids is 1. The fourth-order valence-corrected chi connectivity index (χ4v) is 0.756. The lowest BCUT2D eigenvalue weighted by atomic mass is 10.00. The summed E-state index contributed by atoms with van der Waals surface area (Å²) in [5.41, 5.74) is -0.873. The van der Waals surface area contributed by atoms with Gasteiger partial charge in [-0.15, -0.1) is 0 Å². The second-order valence-electron chi connectivity index (χ2n) is 3.60. The van der Waals surface area contributed by atoms with Crippen molar-refractivity contribution in [3.63, 3.8) is 0 Å². The number of carbonyl (C=O) groups is 1. The average molecular weight is 214 g/mol. The van der Waals surface area contributed by atoms with E-state index < -0.39 is 17.7 Å². The molecule has 2 atom stereocenters. The van der Waals surface area contributed by atoms with E-state index in [0.717, 1.165) is 0 Å². The van der Waals surface area contributed by atoms with Gasteiger partial charge in [0, 0.05) is 5.57 Å².